The third-order valence-electron chi connectivity index (χ3n) is 3.51. The van der Waals surface area contributed by atoms with Gasteiger partial charge in [0.1, 0.15) is 10.6 Å². The fraction of sp³-hybridized carbons (Fsp3) is 0.250. The first-order valence-corrected chi connectivity index (χ1v) is 11.2. The van der Waals surface area contributed by atoms with Crippen LogP contribution in [0.4, 0.5) is 0 Å². The highest BCUT2D eigenvalue weighted by Crippen LogP contribution is 2.33. The van der Waals surface area contributed by atoms with Crippen LogP contribution in [0, 0.1) is 10.5 Å². The Morgan fingerprint density at radius 2 is 1.64 bits per heavy atom. The molecule has 0 amide bonds. The number of rotatable bonds is 5. The van der Waals surface area contributed by atoms with Crippen molar-refractivity contribution in [1.29, 1.82) is 0 Å². The Balaban J connectivity index is 2.58. The van der Waals surface area contributed by atoms with Gasteiger partial charge in [0.2, 0.25) is 0 Å². The minimum atomic E-state index is -4.43. The Kier molecular flexibility index (Phi) is 5.81. The van der Waals surface area contributed by atoms with E-state index in [1.165, 1.54) is 25.1 Å². The van der Waals surface area contributed by atoms with Crippen molar-refractivity contribution in [2.45, 2.75) is 36.5 Å². The molecule has 136 valence electrons. The number of aryl methyl sites for hydroxylation is 1. The quantitative estimate of drug-likeness (QED) is 0.385. The molecule has 2 aromatic carbocycles. The van der Waals surface area contributed by atoms with Crippen molar-refractivity contribution in [2.75, 3.05) is 0 Å². The summed E-state index contributed by atoms with van der Waals surface area (Å²) in [7, 11) is -8.50. The van der Waals surface area contributed by atoms with Gasteiger partial charge >= 0.3 is 10.1 Å². The van der Waals surface area contributed by atoms with Gasteiger partial charge in [-0.2, -0.15) is 16.8 Å². The highest BCUT2D eigenvalue weighted by Gasteiger charge is 2.24. The third kappa shape index (κ3) is 4.52. The first kappa shape index (κ1) is 20.1. The zero-order chi connectivity index (χ0) is 19.0. The maximum Gasteiger partial charge on any atom is 0.340 e. The largest absolute Gasteiger partial charge is 0.379 e. The molecule has 0 saturated heterocycles. The van der Waals surface area contributed by atoms with Crippen LogP contribution in [-0.2, 0) is 20.2 Å². The van der Waals surface area contributed by atoms with E-state index < -0.39 is 20.2 Å². The normalized spacial score (nSPS) is 12.4. The molecule has 1 N–H and O–H groups in total. The fourth-order valence-corrected chi connectivity index (χ4v) is 5.42. The van der Waals surface area contributed by atoms with E-state index in [-0.39, 0.29) is 32.6 Å². The molecule has 0 saturated carbocycles. The van der Waals surface area contributed by atoms with Gasteiger partial charge in [0.25, 0.3) is 10.1 Å². The van der Waals surface area contributed by atoms with E-state index in [1.807, 2.05) is 22.6 Å². The van der Waals surface area contributed by atoms with Crippen molar-refractivity contribution >= 4 is 42.8 Å². The lowest BCUT2D eigenvalue weighted by Crippen LogP contribution is -2.13. The van der Waals surface area contributed by atoms with E-state index in [0.29, 0.717) is 3.57 Å². The second-order valence-corrected chi connectivity index (χ2v) is 9.82. The molecule has 0 spiro atoms. The Bertz CT molecular complexity index is 1010. The third-order valence-corrected chi connectivity index (χ3v) is 7.02. The van der Waals surface area contributed by atoms with Crippen LogP contribution in [0.1, 0.15) is 30.9 Å². The molecule has 9 heteroatoms. The van der Waals surface area contributed by atoms with Gasteiger partial charge in [-0.3, -0.25) is 4.55 Å². The topological polar surface area (TPSA) is 97.7 Å². The summed E-state index contributed by atoms with van der Waals surface area (Å²) in [5.74, 6) is -0.241. The van der Waals surface area contributed by atoms with Gasteiger partial charge in [-0.25, -0.2) is 0 Å². The summed E-state index contributed by atoms with van der Waals surface area (Å²) in [5, 5.41) is 0. The van der Waals surface area contributed by atoms with Gasteiger partial charge in [-0.05, 0) is 70.8 Å². The minimum Gasteiger partial charge on any atom is -0.379 e. The molecule has 0 unspecified atom stereocenters. The second kappa shape index (κ2) is 7.22. The number of hydrogen-bond donors (Lipinski definition) is 1. The Hall–Kier alpha value is -1.17. The molecule has 25 heavy (non-hydrogen) atoms. The van der Waals surface area contributed by atoms with Crippen molar-refractivity contribution in [3.63, 3.8) is 0 Å². The lowest BCUT2D eigenvalue weighted by atomic mass is 10.0. The molecule has 2 aromatic rings. The van der Waals surface area contributed by atoms with Crippen molar-refractivity contribution in [3.05, 3.63) is 51.1 Å². The number of hydrogen-bond acceptors (Lipinski definition) is 5. The monoisotopic (exact) mass is 496 g/mol. The van der Waals surface area contributed by atoms with Crippen LogP contribution in [0.15, 0.2) is 46.2 Å². The summed E-state index contributed by atoms with van der Waals surface area (Å²) in [6.07, 6.45) is 0. The first-order chi connectivity index (χ1) is 11.4. The maximum atomic E-state index is 12.5. The molecule has 0 bridgehead atoms. The predicted molar refractivity (Wildman–Crippen MR) is 102 cm³/mol. The van der Waals surface area contributed by atoms with E-state index in [4.69, 9.17) is 4.18 Å². The molecule has 0 aliphatic carbocycles. The Morgan fingerprint density at radius 1 is 1.04 bits per heavy atom. The van der Waals surface area contributed by atoms with Crippen molar-refractivity contribution in [1.82, 2.24) is 0 Å². The van der Waals surface area contributed by atoms with Crippen LogP contribution in [0.5, 0.6) is 5.75 Å². The molecule has 0 heterocycles. The van der Waals surface area contributed by atoms with Crippen LogP contribution in [0.3, 0.4) is 0 Å². The zero-order valence-electron chi connectivity index (χ0n) is 13.7. The van der Waals surface area contributed by atoms with Gasteiger partial charge in [-0.15, -0.1) is 0 Å². The Labute approximate surface area is 161 Å². The van der Waals surface area contributed by atoms with Crippen molar-refractivity contribution in [3.8, 4) is 5.75 Å². The van der Waals surface area contributed by atoms with Gasteiger partial charge in [0, 0.05) is 3.57 Å². The zero-order valence-corrected chi connectivity index (χ0v) is 17.5. The van der Waals surface area contributed by atoms with E-state index in [1.54, 1.807) is 32.0 Å². The standard InChI is InChI=1S/C16H17IO6S2/c1-10(2)12-9-14(11(3)8-16(12)24(18,19)20)23-25(21,22)15-7-5-4-6-13(15)17/h4-10H,1-3H3,(H,18,19,20). The number of halogens is 1. The average molecular weight is 496 g/mol. The summed E-state index contributed by atoms with van der Waals surface area (Å²) in [4.78, 5) is -0.223. The predicted octanol–water partition coefficient (Wildman–Crippen LogP) is 3.74. The van der Waals surface area contributed by atoms with Gasteiger partial charge in [0.05, 0.1) is 4.90 Å². The molecular weight excluding hydrogens is 479 g/mol. The SMILES string of the molecule is Cc1cc(S(=O)(=O)O)c(C(C)C)cc1OS(=O)(=O)c1ccccc1I. The smallest absolute Gasteiger partial charge is 0.340 e. The molecule has 0 aliphatic heterocycles. The van der Waals surface area contributed by atoms with E-state index in [0.717, 1.165) is 0 Å². The molecule has 2 rings (SSSR count). The van der Waals surface area contributed by atoms with E-state index in [2.05, 4.69) is 0 Å². The summed E-state index contributed by atoms with van der Waals surface area (Å²) in [6.45, 7) is 4.98. The summed E-state index contributed by atoms with van der Waals surface area (Å²) in [6, 6.07) is 8.94. The summed E-state index contributed by atoms with van der Waals surface area (Å²) in [5.41, 5.74) is 0.563. The highest BCUT2D eigenvalue weighted by atomic mass is 127. The summed E-state index contributed by atoms with van der Waals surface area (Å²) < 4.78 is 63.4. The van der Waals surface area contributed by atoms with Crippen LogP contribution >= 0.6 is 22.6 Å². The summed E-state index contributed by atoms with van der Waals surface area (Å²) >= 11 is 1.90. The van der Waals surface area contributed by atoms with E-state index in [9.17, 15) is 21.4 Å². The lowest BCUT2D eigenvalue weighted by molar-refractivity contribution is 0.478. The lowest BCUT2D eigenvalue weighted by Gasteiger charge is -2.16. The van der Waals surface area contributed by atoms with Gasteiger partial charge in [0.15, 0.2) is 0 Å². The van der Waals surface area contributed by atoms with Crippen molar-refractivity contribution < 1.29 is 25.6 Å². The molecule has 0 fully saturated rings. The highest BCUT2D eigenvalue weighted by molar-refractivity contribution is 14.1. The van der Waals surface area contributed by atoms with Crippen LogP contribution in [-0.4, -0.2) is 21.4 Å². The molecule has 0 radical (unpaired) electrons. The number of benzene rings is 2. The van der Waals surface area contributed by atoms with Gasteiger partial charge < -0.3 is 4.18 Å². The second-order valence-electron chi connectivity index (χ2n) is 5.75. The maximum absolute atomic E-state index is 12.5. The molecule has 0 aliphatic rings. The van der Waals surface area contributed by atoms with Crippen LogP contribution in [0.25, 0.3) is 0 Å². The molecule has 0 atom stereocenters. The van der Waals surface area contributed by atoms with E-state index >= 15 is 0 Å². The molecular formula is C16H17IO6S2. The molecule has 6 nitrogen and oxygen atoms in total. The van der Waals surface area contributed by atoms with Gasteiger partial charge in [-0.1, -0.05) is 26.0 Å². The molecule has 0 aromatic heterocycles. The minimum absolute atomic E-state index is 0.0238. The Morgan fingerprint density at radius 3 is 2.16 bits per heavy atom. The average Bonchev–Trinajstić information content (AvgIpc) is 2.47. The fourth-order valence-electron chi connectivity index (χ4n) is 2.25. The van der Waals surface area contributed by atoms with Crippen LogP contribution in [0.2, 0.25) is 0 Å². The first-order valence-electron chi connectivity index (χ1n) is 7.24. The van der Waals surface area contributed by atoms with Crippen LogP contribution < -0.4 is 4.18 Å². The van der Waals surface area contributed by atoms with Crippen molar-refractivity contribution in [2.24, 2.45) is 0 Å².